The number of aromatic nitrogens is 3. The molecule has 0 radical (unpaired) electrons. The summed E-state index contributed by atoms with van der Waals surface area (Å²) in [6.07, 6.45) is 11.4. The Morgan fingerprint density at radius 2 is 1.95 bits per heavy atom. The smallest absolute Gasteiger partial charge is 0.250 e. The van der Waals surface area contributed by atoms with Crippen molar-refractivity contribution >= 4 is 17.6 Å². The number of fused-ring (bicyclic) bond motifs is 4. The van der Waals surface area contributed by atoms with Crippen LogP contribution >= 0.6 is 0 Å². The van der Waals surface area contributed by atoms with E-state index in [4.69, 9.17) is 10.7 Å². The highest BCUT2D eigenvalue weighted by molar-refractivity contribution is 5.91. The molecule has 102 valence electrons. The maximum absolute atomic E-state index is 5.83. The molecule has 0 amide bonds. The molecule has 5 heteroatoms. The van der Waals surface area contributed by atoms with E-state index in [0.717, 1.165) is 12.4 Å². The van der Waals surface area contributed by atoms with Crippen molar-refractivity contribution < 1.29 is 0 Å². The van der Waals surface area contributed by atoms with Crippen molar-refractivity contribution in [3.8, 4) is 0 Å². The van der Waals surface area contributed by atoms with Crippen molar-refractivity contribution in [2.45, 2.75) is 63.3 Å². The zero-order valence-corrected chi connectivity index (χ0v) is 11.3. The van der Waals surface area contributed by atoms with Gasteiger partial charge >= 0.3 is 0 Å². The van der Waals surface area contributed by atoms with E-state index in [1.165, 1.54) is 57.1 Å². The summed E-state index contributed by atoms with van der Waals surface area (Å²) < 4.78 is 2.08. The maximum atomic E-state index is 5.83. The summed E-state index contributed by atoms with van der Waals surface area (Å²) in [6.45, 7) is 0. The van der Waals surface area contributed by atoms with Gasteiger partial charge in [0.1, 0.15) is 0 Å². The molecule has 1 spiro atoms. The van der Waals surface area contributed by atoms with Crippen LogP contribution in [0, 0.1) is 5.92 Å². The minimum Gasteiger partial charge on any atom is -0.366 e. The molecule has 5 nitrogen and oxygen atoms in total. The third-order valence-corrected chi connectivity index (χ3v) is 5.22. The number of rotatable bonds is 0. The summed E-state index contributed by atoms with van der Waals surface area (Å²) in [5, 5.41) is 4.50. The lowest BCUT2D eigenvalue weighted by Gasteiger charge is -2.47. The highest BCUT2D eigenvalue weighted by Gasteiger charge is 2.48. The van der Waals surface area contributed by atoms with Gasteiger partial charge in [-0.1, -0.05) is 25.7 Å². The fourth-order valence-corrected chi connectivity index (χ4v) is 4.40. The molecular weight excluding hydrogens is 238 g/mol. The fraction of sp³-hybridized carbons (Fsp3) is 0.786. The summed E-state index contributed by atoms with van der Waals surface area (Å²) in [7, 11) is 0. The standard InChI is InChI=1S/C14H21N5/c15-12-17-13-16-11-7-3-2-6-10(11)14(19(13)18-12)8-4-1-5-9-14/h10H,1-9H2,(H2,15,18). The van der Waals surface area contributed by atoms with E-state index in [9.17, 15) is 0 Å². The number of aliphatic imine (C=N–C) groups is 1. The molecule has 19 heavy (non-hydrogen) atoms. The lowest BCUT2D eigenvalue weighted by Crippen LogP contribution is -2.50. The van der Waals surface area contributed by atoms with Gasteiger partial charge in [-0.3, -0.25) is 0 Å². The van der Waals surface area contributed by atoms with E-state index in [2.05, 4.69) is 14.8 Å². The van der Waals surface area contributed by atoms with Crippen LogP contribution in [0.5, 0.6) is 0 Å². The molecule has 2 saturated carbocycles. The van der Waals surface area contributed by atoms with E-state index in [-0.39, 0.29) is 5.54 Å². The van der Waals surface area contributed by atoms with Gasteiger partial charge in [0, 0.05) is 11.6 Å². The third kappa shape index (κ3) is 1.56. The summed E-state index contributed by atoms with van der Waals surface area (Å²) in [5.74, 6) is 1.71. The second-order valence-electron chi connectivity index (χ2n) is 6.25. The minimum atomic E-state index is 0.135. The summed E-state index contributed by atoms with van der Waals surface area (Å²) in [4.78, 5) is 9.10. The molecule has 0 bridgehead atoms. The van der Waals surface area contributed by atoms with Gasteiger partial charge in [-0.2, -0.15) is 4.98 Å². The molecule has 0 saturated heterocycles. The van der Waals surface area contributed by atoms with Gasteiger partial charge in [-0.05, 0) is 32.1 Å². The van der Waals surface area contributed by atoms with E-state index < -0.39 is 0 Å². The molecule has 1 aromatic rings. The predicted octanol–water partition coefficient (Wildman–Crippen LogP) is 2.80. The largest absolute Gasteiger partial charge is 0.366 e. The molecule has 1 aliphatic heterocycles. The van der Waals surface area contributed by atoms with Crippen molar-refractivity contribution in [3.63, 3.8) is 0 Å². The monoisotopic (exact) mass is 259 g/mol. The number of anilines is 1. The van der Waals surface area contributed by atoms with E-state index in [0.29, 0.717) is 11.9 Å². The third-order valence-electron chi connectivity index (χ3n) is 5.22. The quantitative estimate of drug-likeness (QED) is 0.779. The lowest BCUT2D eigenvalue weighted by atomic mass is 9.66. The van der Waals surface area contributed by atoms with E-state index in [1.54, 1.807) is 0 Å². The second kappa shape index (κ2) is 4.05. The van der Waals surface area contributed by atoms with Crippen LogP contribution in [0.3, 0.4) is 0 Å². The Morgan fingerprint density at radius 3 is 2.79 bits per heavy atom. The van der Waals surface area contributed by atoms with Crippen LogP contribution in [0.2, 0.25) is 0 Å². The number of nitrogens with two attached hydrogens (primary N) is 1. The summed E-state index contributed by atoms with van der Waals surface area (Å²) >= 11 is 0. The van der Waals surface area contributed by atoms with Crippen LogP contribution in [0.1, 0.15) is 57.8 Å². The molecule has 1 atom stereocenters. The topological polar surface area (TPSA) is 69.1 Å². The first kappa shape index (κ1) is 11.4. The average Bonchev–Trinajstić information content (AvgIpc) is 2.82. The van der Waals surface area contributed by atoms with Crippen molar-refractivity contribution in [1.82, 2.24) is 14.8 Å². The molecule has 1 unspecified atom stereocenters. The van der Waals surface area contributed by atoms with Crippen molar-refractivity contribution in [2.24, 2.45) is 10.9 Å². The lowest BCUT2D eigenvalue weighted by molar-refractivity contribution is 0.111. The zero-order valence-electron chi connectivity index (χ0n) is 11.3. The Kier molecular flexibility index (Phi) is 2.44. The van der Waals surface area contributed by atoms with Gasteiger partial charge in [0.05, 0.1) is 5.54 Å². The van der Waals surface area contributed by atoms with E-state index in [1.807, 2.05) is 0 Å². The van der Waals surface area contributed by atoms with Gasteiger partial charge < -0.3 is 5.73 Å². The predicted molar refractivity (Wildman–Crippen MR) is 74.5 cm³/mol. The van der Waals surface area contributed by atoms with Crippen LogP contribution in [0.15, 0.2) is 4.99 Å². The average molecular weight is 259 g/mol. The molecule has 2 aliphatic carbocycles. The Hall–Kier alpha value is -1.39. The number of nitrogen functional groups attached to an aromatic ring is 1. The Bertz CT molecular complexity index is 524. The Balaban J connectivity index is 1.88. The van der Waals surface area contributed by atoms with Gasteiger partial charge in [-0.25, -0.2) is 9.67 Å². The summed E-state index contributed by atoms with van der Waals surface area (Å²) in [6, 6.07) is 0. The highest BCUT2D eigenvalue weighted by atomic mass is 15.5. The molecule has 2 heterocycles. The Morgan fingerprint density at radius 1 is 1.11 bits per heavy atom. The van der Waals surface area contributed by atoms with Gasteiger partial charge in [0.15, 0.2) is 0 Å². The van der Waals surface area contributed by atoms with Crippen molar-refractivity contribution in [2.75, 3.05) is 5.73 Å². The molecule has 4 rings (SSSR count). The molecule has 2 fully saturated rings. The van der Waals surface area contributed by atoms with Gasteiger partial charge in [0.25, 0.3) is 0 Å². The fourth-order valence-electron chi connectivity index (χ4n) is 4.40. The molecule has 1 aromatic heterocycles. The van der Waals surface area contributed by atoms with Crippen LogP contribution in [0.25, 0.3) is 0 Å². The maximum Gasteiger partial charge on any atom is 0.250 e. The molecule has 0 aromatic carbocycles. The molecule has 2 N–H and O–H groups in total. The molecule has 3 aliphatic rings. The normalized spacial score (nSPS) is 28.6. The SMILES string of the molecule is Nc1nc2n(n1)C1(CCCCC1)C1CCCCC1=N2. The van der Waals surface area contributed by atoms with Crippen molar-refractivity contribution in [1.29, 1.82) is 0 Å². The number of nitrogens with zero attached hydrogens (tertiary/aromatic N) is 4. The van der Waals surface area contributed by atoms with Gasteiger partial charge in [0.2, 0.25) is 11.9 Å². The Labute approximate surface area is 113 Å². The summed E-state index contributed by atoms with van der Waals surface area (Å²) in [5.41, 5.74) is 7.33. The zero-order chi connectivity index (χ0) is 12.9. The number of hydrogen-bond donors (Lipinski definition) is 1. The molecular formula is C14H21N5. The van der Waals surface area contributed by atoms with Crippen LogP contribution in [-0.2, 0) is 5.54 Å². The number of hydrogen-bond acceptors (Lipinski definition) is 4. The first-order chi connectivity index (χ1) is 9.29. The first-order valence-electron chi connectivity index (χ1n) is 7.60. The van der Waals surface area contributed by atoms with Crippen LogP contribution in [0.4, 0.5) is 11.9 Å². The van der Waals surface area contributed by atoms with Crippen LogP contribution < -0.4 is 5.73 Å². The first-order valence-corrected chi connectivity index (χ1v) is 7.60. The van der Waals surface area contributed by atoms with E-state index >= 15 is 0 Å². The minimum absolute atomic E-state index is 0.135. The van der Waals surface area contributed by atoms with Crippen LogP contribution in [-0.4, -0.2) is 20.5 Å². The second-order valence-corrected chi connectivity index (χ2v) is 6.25. The van der Waals surface area contributed by atoms with Crippen molar-refractivity contribution in [3.05, 3.63) is 0 Å². The highest BCUT2D eigenvalue weighted by Crippen LogP contribution is 2.49. The van der Waals surface area contributed by atoms with Gasteiger partial charge in [-0.15, -0.1) is 5.10 Å².